The molecule has 1 saturated heterocycles. The summed E-state index contributed by atoms with van der Waals surface area (Å²) >= 11 is 0. The van der Waals surface area contributed by atoms with E-state index in [1.165, 1.54) is 0 Å². The number of likely N-dealkylation sites (N-methyl/N-ethyl adjacent to an activating group) is 1. The Labute approximate surface area is 104 Å². The number of carbonyl (C=O) groups excluding carboxylic acids is 1. The van der Waals surface area contributed by atoms with Crippen LogP contribution in [0.2, 0.25) is 0 Å². The lowest BCUT2D eigenvalue weighted by molar-refractivity contribution is 0.129. The van der Waals surface area contributed by atoms with Gasteiger partial charge in [-0.3, -0.25) is 0 Å². The first kappa shape index (κ1) is 14.3. The van der Waals surface area contributed by atoms with Crippen LogP contribution < -0.4 is 5.73 Å². The lowest BCUT2D eigenvalue weighted by atomic mass is 10.00. The third kappa shape index (κ3) is 4.52. The fourth-order valence-electron chi connectivity index (χ4n) is 2.14. The first-order chi connectivity index (χ1) is 8.04. The number of hydrogen-bond acceptors (Lipinski definition) is 3. The number of carbonyl (C=O) groups is 1. The number of urea groups is 1. The van der Waals surface area contributed by atoms with Gasteiger partial charge in [0.25, 0.3) is 0 Å². The van der Waals surface area contributed by atoms with E-state index in [9.17, 15) is 4.79 Å². The van der Waals surface area contributed by atoms with E-state index in [4.69, 9.17) is 10.5 Å². The summed E-state index contributed by atoms with van der Waals surface area (Å²) in [7, 11) is 3.42. The number of hydrogen-bond donors (Lipinski definition) is 1. The molecule has 1 fully saturated rings. The zero-order valence-electron chi connectivity index (χ0n) is 11.2. The van der Waals surface area contributed by atoms with E-state index in [0.717, 1.165) is 31.8 Å². The molecule has 0 radical (unpaired) electrons. The van der Waals surface area contributed by atoms with Gasteiger partial charge in [0.2, 0.25) is 0 Å². The van der Waals surface area contributed by atoms with Crippen LogP contribution in [0.25, 0.3) is 0 Å². The van der Waals surface area contributed by atoms with E-state index in [-0.39, 0.29) is 12.1 Å². The Morgan fingerprint density at radius 1 is 1.53 bits per heavy atom. The molecule has 0 aliphatic carbocycles. The van der Waals surface area contributed by atoms with Crippen LogP contribution in [0.5, 0.6) is 0 Å². The molecule has 2 N–H and O–H groups in total. The lowest BCUT2D eigenvalue weighted by Gasteiger charge is -2.34. The van der Waals surface area contributed by atoms with E-state index in [1.54, 1.807) is 19.1 Å². The van der Waals surface area contributed by atoms with Gasteiger partial charge < -0.3 is 20.3 Å². The van der Waals surface area contributed by atoms with Gasteiger partial charge >= 0.3 is 6.03 Å². The lowest BCUT2D eigenvalue weighted by Crippen LogP contribution is -2.49. The van der Waals surface area contributed by atoms with E-state index in [1.807, 2.05) is 4.90 Å². The van der Waals surface area contributed by atoms with Crippen LogP contribution >= 0.6 is 0 Å². The van der Waals surface area contributed by atoms with Crippen molar-refractivity contribution in [2.75, 3.05) is 40.4 Å². The predicted octanol–water partition coefficient (Wildman–Crippen LogP) is 0.744. The van der Waals surface area contributed by atoms with Crippen LogP contribution in [-0.2, 0) is 4.74 Å². The van der Waals surface area contributed by atoms with Crippen LogP contribution in [0, 0.1) is 5.92 Å². The molecule has 1 atom stereocenters. The van der Waals surface area contributed by atoms with Crippen molar-refractivity contribution >= 4 is 6.03 Å². The van der Waals surface area contributed by atoms with Crippen molar-refractivity contribution in [1.82, 2.24) is 9.80 Å². The van der Waals surface area contributed by atoms with Gasteiger partial charge in [-0.2, -0.15) is 0 Å². The van der Waals surface area contributed by atoms with Gasteiger partial charge in [-0.15, -0.1) is 0 Å². The molecule has 0 aromatic rings. The molecule has 17 heavy (non-hydrogen) atoms. The summed E-state index contributed by atoms with van der Waals surface area (Å²) in [6.07, 6.45) is 2.20. The second kappa shape index (κ2) is 6.81. The Morgan fingerprint density at radius 3 is 2.65 bits per heavy atom. The number of amides is 2. The zero-order valence-corrected chi connectivity index (χ0v) is 11.2. The summed E-state index contributed by atoms with van der Waals surface area (Å²) in [6.45, 7) is 4.99. The maximum Gasteiger partial charge on any atom is 0.319 e. The van der Waals surface area contributed by atoms with Crippen molar-refractivity contribution in [3.63, 3.8) is 0 Å². The number of ether oxygens (including phenoxy) is 1. The highest BCUT2D eigenvalue weighted by Gasteiger charge is 2.23. The number of rotatable bonds is 4. The normalized spacial score (nSPS) is 19.2. The average molecular weight is 243 g/mol. The molecule has 0 saturated carbocycles. The molecule has 1 heterocycles. The number of piperidine rings is 1. The van der Waals surface area contributed by atoms with Gasteiger partial charge in [0.1, 0.15) is 0 Å². The second-order valence-electron chi connectivity index (χ2n) is 5.05. The molecule has 0 aromatic carbocycles. The summed E-state index contributed by atoms with van der Waals surface area (Å²) < 4.78 is 4.97. The van der Waals surface area contributed by atoms with E-state index in [0.29, 0.717) is 13.2 Å². The number of likely N-dealkylation sites (tertiary alicyclic amines) is 1. The minimum atomic E-state index is -0.113. The summed E-state index contributed by atoms with van der Waals surface area (Å²) in [5.74, 6) is 0.736. The number of nitrogens with zero attached hydrogens (tertiary/aromatic N) is 2. The summed E-state index contributed by atoms with van der Waals surface area (Å²) in [6, 6.07) is -0.0267. The van der Waals surface area contributed by atoms with Gasteiger partial charge in [0.05, 0.1) is 6.61 Å². The molecule has 0 aromatic heterocycles. The van der Waals surface area contributed by atoms with Gasteiger partial charge in [-0.1, -0.05) is 6.92 Å². The summed E-state index contributed by atoms with van der Waals surface area (Å²) in [5, 5.41) is 0. The SMILES string of the molecule is COCC(N)CN(C)C(=O)N1CCC(C)CC1. The quantitative estimate of drug-likeness (QED) is 0.792. The van der Waals surface area contributed by atoms with Crippen LogP contribution in [0.3, 0.4) is 0 Å². The van der Waals surface area contributed by atoms with Crippen molar-refractivity contribution < 1.29 is 9.53 Å². The zero-order chi connectivity index (χ0) is 12.8. The third-order valence-electron chi connectivity index (χ3n) is 3.27. The van der Waals surface area contributed by atoms with Crippen molar-refractivity contribution in [1.29, 1.82) is 0 Å². The monoisotopic (exact) mass is 243 g/mol. The Kier molecular flexibility index (Phi) is 5.71. The molecular formula is C12H25N3O2. The van der Waals surface area contributed by atoms with E-state index >= 15 is 0 Å². The number of methoxy groups -OCH3 is 1. The molecule has 100 valence electrons. The third-order valence-corrected chi connectivity index (χ3v) is 3.27. The first-order valence-electron chi connectivity index (χ1n) is 6.29. The summed E-state index contributed by atoms with van der Waals surface area (Å²) in [5.41, 5.74) is 5.84. The fraction of sp³-hybridized carbons (Fsp3) is 0.917. The van der Waals surface area contributed by atoms with Crippen molar-refractivity contribution in [2.24, 2.45) is 11.7 Å². The molecule has 1 rings (SSSR count). The van der Waals surface area contributed by atoms with Gasteiger partial charge in [-0.25, -0.2) is 4.79 Å². The van der Waals surface area contributed by atoms with Crippen LogP contribution in [0.4, 0.5) is 4.79 Å². The predicted molar refractivity (Wildman–Crippen MR) is 67.8 cm³/mol. The molecule has 2 amide bonds. The topological polar surface area (TPSA) is 58.8 Å². The Hall–Kier alpha value is -0.810. The largest absolute Gasteiger partial charge is 0.383 e. The average Bonchev–Trinajstić information content (AvgIpc) is 2.29. The Bertz CT molecular complexity index is 240. The Balaban J connectivity index is 2.35. The highest BCUT2D eigenvalue weighted by Crippen LogP contribution is 2.16. The first-order valence-corrected chi connectivity index (χ1v) is 6.29. The molecule has 0 bridgehead atoms. The smallest absolute Gasteiger partial charge is 0.319 e. The standard InChI is InChI=1S/C12H25N3O2/c1-10-4-6-15(7-5-10)12(16)14(2)8-11(13)9-17-3/h10-11H,4-9,13H2,1-3H3. The minimum Gasteiger partial charge on any atom is -0.383 e. The molecular weight excluding hydrogens is 218 g/mol. The van der Waals surface area contributed by atoms with Crippen molar-refractivity contribution in [3.05, 3.63) is 0 Å². The second-order valence-corrected chi connectivity index (χ2v) is 5.05. The van der Waals surface area contributed by atoms with E-state index < -0.39 is 0 Å². The van der Waals surface area contributed by atoms with Crippen LogP contribution in [-0.4, -0.2) is 62.3 Å². The minimum absolute atomic E-state index is 0.0865. The van der Waals surface area contributed by atoms with Crippen LogP contribution in [0.1, 0.15) is 19.8 Å². The van der Waals surface area contributed by atoms with Gasteiger partial charge in [0.15, 0.2) is 0 Å². The maximum absolute atomic E-state index is 12.1. The van der Waals surface area contributed by atoms with E-state index in [2.05, 4.69) is 6.92 Å². The van der Waals surface area contributed by atoms with Crippen molar-refractivity contribution in [2.45, 2.75) is 25.8 Å². The molecule has 1 unspecified atom stereocenters. The summed E-state index contributed by atoms with van der Waals surface area (Å²) in [4.78, 5) is 15.7. The molecule has 1 aliphatic heterocycles. The highest BCUT2D eigenvalue weighted by molar-refractivity contribution is 5.74. The molecule has 5 heteroatoms. The maximum atomic E-state index is 12.1. The molecule has 0 spiro atoms. The molecule has 1 aliphatic rings. The van der Waals surface area contributed by atoms with Gasteiger partial charge in [0, 0.05) is 39.8 Å². The highest BCUT2D eigenvalue weighted by atomic mass is 16.5. The van der Waals surface area contributed by atoms with Gasteiger partial charge in [-0.05, 0) is 18.8 Å². The van der Waals surface area contributed by atoms with Crippen LogP contribution in [0.15, 0.2) is 0 Å². The van der Waals surface area contributed by atoms with Crippen molar-refractivity contribution in [3.8, 4) is 0 Å². The Morgan fingerprint density at radius 2 is 2.12 bits per heavy atom. The molecule has 5 nitrogen and oxygen atoms in total. The number of nitrogens with two attached hydrogens (primary N) is 1. The fourth-order valence-corrected chi connectivity index (χ4v) is 2.14.